The van der Waals surface area contributed by atoms with Crippen molar-refractivity contribution < 1.29 is 18.3 Å². The number of nitrogens with one attached hydrogen (secondary N) is 1. The second-order valence-electron chi connectivity index (χ2n) is 3.70. The van der Waals surface area contributed by atoms with Crippen molar-refractivity contribution in [2.45, 2.75) is 19.3 Å². The van der Waals surface area contributed by atoms with Gasteiger partial charge in [0.1, 0.15) is 0 Å². The number of carbonyl (C=O) groups is 1. The Hall–Kier alpha value is -0.750. The van der Waals surface area contributed by atoms with Crippen molar-refractivity contribution in [2.24, 2.45) is 11.1 Å². The van der Waals surface area contributed by atoms with E-state index in [2.05, 4.69) is 5.32 Å². The number of carbonyl (C=O) groups excluding carboxylic acids is 1. The highest BCUT2D eigenvalue weighted by Crippen LogP contribution is 2.29. The lowest BCUT2D eigenvalue weighted by Crippen LogP contribution is -2.50. The fraction of sp³-hybridized carbons (Fsp3) is 0.889. The highest BCUT2D eigenvalue weighted by atomic mass is 19.3. The van der Waals surface area contributed by atoms with Gasteiger partial charge in [-0.1, -0.05) is 0 Å². The van der Waals surface area contributed by atoms with Crippen molar-refractivity contribution in [3.8, 4) is 0 Å². The largest absolute Gasteiger partial charge is 0.381 e. The predicted molar refractivity (Wildman–Crippen MR) is 50.6 cm³/mol. The Morgan fingerprint density at radius 3 is 2.53 bits per heavy atom. The van der Waals surface area contributed by atoms with Crippen molar-refractivity contribution in [3.05, 3.63) is 0 Å². The molecule has 4 nitrogen and oxygen atoms in total. The van der Waals surface area contributed by atoms with Gasteiger partial charge in [0.25, 0.3) is 6.43 Å². The van der Waals surface area contributed by atoms with Gasteiger partial charge in [-0.15, -0.1) is 0 Å². The molecule has 1 rings (SSSR count). The van der Waals surface area contributed by atoms with E-state index < -0.39 is 18.4 Å². The van der Waals surface area contributed by atoms with Gasteiger partial charge in [-0.2, -0.15) is 0 Å². The summed E-state index contributed by atoms with van der Waals surface area (Å²) in [7, 11) is 0. The van der Waals surface area contributed by atoms with Crippen LogP contribution in [0.15, 0.2) is 0 Å². The maximum absolute atomic E-state index is 11.9. The number of rotatable bonds is 4. The first-order chi connectivity index (χ1) is 7.10. The molecule has 0 radical (unpaired) electrons. The zero-order chi connectivity index (χ0) is 11.3. The zero-order valence-electron chi connectivity index (χ0n) is 8.47. The molecule has 1 aliphatic heterocycles. The van der Waals surface area contributed by atoms with Gasteiger partial charge in [-0.25, -0.2) is 8.78 Å². The van der Waals surface area contributed by atoms with E-state index in [1.807, 2.05) is 0 Å². The van der Waals surface area contributed by atoms with Crippen LogP contribution >= 0.6 is 0 Å². The SMILES string of the molecule is NCC1(C(=O)NCC(F)F)CCOCC1. The number of hydrogen-bond acceptors (Lipinski definition) is 3. The number of nitrogens with two attached hydrogens (primary N) is 1. The van der Waals surface area contributed by atoms with Gasteiger partial charge in [0, 0.05) is 19.8 Å². The van der Waals surface area contributed by atoms with Crippen molar-refractivity contribution in [1.82, 2.24) is 5.32 Å². The minimum absolute atomic E-state index is 0.172. The summed E-state index contributed by atoms with van der Waals surface area (Å²) < 4.78 is 29.0. The fourth-order valence-electron chi connectivity index (χ4n) is 1.64. The first-order valence-electron chi connectivity index (χ1n) is 4.95. The molecule has 0 aromatic heterocycles. The topological polar surface area (TPSA) is 64.4 Å². The molecular formula is C9H16F2N2O2. The van der Waals surface area contributed by atoms with E-state index in [0.29, 0.717) is 26.1 Å². The van der Waals surface area contributed by atoms with Crippen molar-refractivity contribution in [3.63, 3.8) is 0 Å². The van der Waals surface area contributed by atoms with Crippen LogP contribution in [0.5, 0.6) is 0 Å². The summed E-state index contributed by atoms with van der Waals surface area (Å²) in [6.07, 6.45) is -1.53. The Bertz CT molecular complexity index is 218. The quantitative estimate of drug-likeness (QED) is 0.710. The summed E-state index contributed by atoms with van der Waals surface area (Å²) in [5.74, 6) is -0.381. The van der Waals surface area contributed by atoms with E-state index in [-0.39, 0.29) is 12.5 Å². The number of alkyl halides is 2. The molecule has 1 aliphatic rings. The lowest BCUT2D eigenvalue weighted by atomic mass is 9.79. The van der Waals surface area contributed by atoms with Crippen LogP contribution in [-0.4, -0.2) is 38.6 Å². The second-order valence-corrected chi connectivity index (χ2v) is 3.70. The highest BCUT2D eigenvalue weighted by Gasteiger charge is 2.38. The maximum Gasteiger partial charge on any atom is 0.255 e. The van der Waals surface area contributed by atoms with Crippen LogP contribution in [0.2, 0.25) is 0 Å². The lowest BCUT2D eigenvalue weighted by Gasteiger charge is -2.34. The van der Waals surface area contributed by atoms with Crippen molar-refractivity contribution in [1.29, 1.82) is 0 Å². The molecule has 0 atom stereocenters. The number of amides is 1. The van der Waals surface area contributed by atoms with Gasteiger partial charge in [0.2, 0.25) is 5.91 Å². The van der Waals surface area contributed by atoms with Crippen molar-refractivity contribution in [2.75, 3.05) is 26.3 Å². The molecule has 0 aliphatic carbocycles. The first kappa shape index (κ1) is 12.3. The van der Waals surface area contributed by atoms with Gasteiger partial charge < -0.3 is 15.8 Å². The van der Waals surface area contributed by atoms with E-state index in [4.69, 9.17) is 10.5 Å². The summed E-state index contributed by atoms with van der Waals surface area (Å²) >= 11 is 0. The first-order valence-corrected chi connectivity index (χ1v) is 4.95. The highest BCUT2D eigenvalue weighted by molar-refractivity contribution is 5.83. The summed E-state index contributed by atoms with van der Waals surface area (Å²) in [6.45, 7) is 0.478. The third-order valence-electron chi connectivity index (χ3n) is 2.74. The van der Waals surface area contributed by atoms with Crippen LogP contribution in [0.25, 0.3) is 0 Å². The molecule has 0 aromatic rings. The molecule has 1 fully saturated rings. The monoisotopic (exact) mass is 222 g/mol. The van der Waals surface area contributed by atoms with E-state index in [1.165, 1.54) is 0 Å². The summed E-state index contributed by atoms with van der Waals surface area (Å²) in [5.41, 5.74) is 4.83. The molecule has 6 heteroatoms. The van der Waals surface area contributed by atoms with Gasteiger partial charge >= 0.3 is 0 Å². The van der Waals surface area contributed by atoms with E-state index >= 15 is 0 Å². The molecule has 0 spiro atoms. The summed E-state index contributed by atoms with van der Waals surface area (Å²) in [5, 5.41) is 2.22. The smallest absolute Gasteiger partial charge is 0.255 e. The molecule has 0 aromatic carbocycles. The van der Waals surface area contributed by atoms with Crippen LogP contribution in [0.4, 0.5) is 8.78 Å². The normalized spacial score (nSPS) is 20.3. The second kappa shape index (κ2) is 5.37. The Balaban J connectivity index is 2.52. The minimum Gasteiger partial charge on any atom is -0.381 e. The minimum atomic E-state index is -2.52. The van der Waals surface area contributed by atoms with Crippen LogP contribution in [-0.2, 0) is 9.53 Å². The van der Waals surface area contributed by atoms with Crippen molar-refractivity contribution >= 4 is 5.91 Å². The van der Waals surface area contributed by atoms with Gasteiger partial charge in [0.15, 0.2) is 0 Å². The maximum atomic E-state index is 11.9. The number of hydrogen-bond donors (Lipinski definition) is 2. The molecule has 1 amide bonds. The predicted octanol–water partition coefficient (Wildman–Crippen LogP) is 0.123. The van der Waals surface area contributed by atoms with Crippen LogP contribution in [0.3, 0.4) is 0 Å². The zero-order valence-corrected chi connectivity index (χ0v) is 8.47. The van der Waals surface area contributed by atoms with Crippen LogP contribution in [0, 0.1) is 5.41 Å². The summed E-state index contributed by atoms with van der Waals surface area (Å²) in [6, 6.07) is 0. The molecule has 0 unspecified atom stereocenters. The van der Waals surface area contributed by atoms with Gasteiger partial charge in [-0.3, -0.25) is 4.79 Å². The number of ether oxygens (including phenoxy) is 1. The molecule has 3 N–H and O–H groups in total. The fourth-order valence-corrected chi connectivity index (χ4v) is 1.64. The van der Waals surface area contributed by atoms with E-state index in [9.17, 15) is 13.6 Å². The van der Waals surface area contributed by atoms with Crippen LogP contribution in [0.1, 0.15) is 12.8 Å². The molecule has 0 bridgehead atoms. The van der Waals surface area contributed by atoms with Crippen LogP contribution < -0.4 is 11.1 Å². The Morgan fingerprint density at radius 1 is 1.47 bits per heavy atom. The summed E-state index contributed by atoms with van der Waals surface area (Å²) in [4.78, 5) is 11.7. The molecule has 1 saturated heterocycles. The average Bonchev–Trinajstić information content (AvgIpc) is 2.26. The Kier molecular flexibility index (Phi) is 4.41. The molecule has 15 heavy (non-hydrogen) atoms. The Morgan fingerprint density at radius 2 is 2.07 bits per heavy atom. The van der Waals surface area contributed by atoms with Gasteiger partial charge in [-0.05, 0) is 12.8 Å². The number of halogens is 2. The lowest BCUT2D eigenvalue weighted by molar-refractivity contribution is -0.136. The molecular weight excluding hydrogens is 206 g/mol. The molecule has 0 saturated carbocycles. The standard InChI is InChI=1S/C9H16F2N2O2/c10-7(11)5-13-8(14)9(6-12)1-3-15-4-2-9/h7H,1-6,12H2,(H,13,14). The third kappa shape index (κ3) is 3.10. The third-order valence-corrected chi connectivity index (χ3v) is 2.74. The molecule has 1 heterocycles. The van der Waals surface area contributed by atoms with Gasteiger partial charge in [0.05, 0.1) is 12.0 Å². The molecule has 88 valence electrons. The van der Waals surface area contributed by atoms with E-state index in [1.54, 1.807) is 0 Å². The average molecular weight is 222 g/mol. The van der Waals surface area contributed by atoms with E-state index in [0.717, 1.165) is 0 Å². The Labute approximate surface area is 87.1 Å².